The van der Waals surface area contributed by atoms with Crippen LogP contribution < -0.4 is 5.73 Å². The molecule has 0 fully saturated rings. The van der Waals surface area contributed by atoms with Gasteiger partial charge in [0.15, 0.2) is 0 Å². The van der Waals surface area contributed by atoms with Crippen molar-refractivity contribution in [2.75, 3.05) is 19.7 Å². The summed E-state index contributed by atoms with van der Waals surface area (Å²) in [4.78, 5) is 2.36. The SMILES string of the molecule is CCC(CC)N(CCO)CCC(N)c1cccc(Br)c1. The molecule has 1 rings (SSSR count). The van der Waals surface area contributed by atoms with Crippen molar-refractivity contribution in [3.05, 3.63) is 34.3 Å². The highest BCUT2D eigenvalue weighted by Crippen LogP contribution is 2.20. The number of hydrogen-bond acceptors (Lipinski definition) is 3. The monoisotopic (exact) mass is 342 g/mol. The Labute approximate surface area is 131 Å². The van der Waals surface area contributed by atoms with Gasteiger partial charge in [-0.2, -0.15) is 0 Å². The lowest BCUT2D eigenvalue weighted by Gasteiger charge is -2.30. The Bertz CT molecular complexity index is 382. The van der Waals surface area contributed by atoms with Gasteiger partial charge in [0, 0.05) is 29.6 Å². The second kappa shape index (κ2) is 9.50. The van der Waals surface area contributed by atoms with E-state index in [0.717, 1.165) is 42.4 Å². The molecule has 0 saturated heterocycles. The quantitative estimate of drug-likeness (QED) is 0.723. The summed E-state index contributed by atoms with van der Waals surface area (Å²) < 4.78 is 1.07. The molecule has 3 nitrogen and oxygen atoms in total. The van der Waals surface area contributed by atoms with Gasteiger partial charge in [0.2, 0.25) is 0 Å². The van der Waals surface area contributed by atoms with E-state index in [1.165, 1.54) is 0 Å². The van der Waals surface area contributed by atoms with Gasteiger partial charge < -0.3 is 10.8 Å². The van der Waals surface area contributed by atoms with Crippen LogP contribution in [0.25, 0.3) is 0 Å². The third-order valence-electron chi connectivity index (χ3n) is 3.85. The first-order valence-electron chi connectivity index (χ1n) is 7.48. The van der Waals surface area contributed by atoms with Crippen molar-refractivity contribution in [1.29, 1.82) is 0 Å². The molecule has 114 valence electrons. The van der Waals surface area contributed by atoms with Gasteiger partial charge in [-0.1, -0.05) is 41.9 Å². The van der Waals surface area contributed by atoms with Gasteiger partial charge in [-0.05, 0) is 37.0 Å². The Morgan fingerprint density at radius 1 is 1.25 bits per heavy atom. The Kier molecular flexibility index (Phi) is 8.38. The average molecular weight is 343 g/mol. The molecule has 1 atom stereocenters. The molecule has 0 aliphatic heterocycles. The van der Waals surface area contributed by atoms with Crippen LogP contribution in [0.5, 0.6) is 0 Å². The molecule has 0 saturated carbocycles. The highest BCUT2D eigenvalue weighted by atomic mass is 79.9. The van der Waals surface area contributed by atoms with Crippen LogP contribution in [0.15, 0.2) is 28.7 Å². The van der Waals surface area contributed by atoms with Crippen LogP contribution in [0, 0.1) is 0 Å². The molecule has 1 aromatic rings. The molecule has 0 aliphatic carbocycles. The normalized spacial score (nSPS) is 13.2. The Morgan fingerprint density at radius 2 is 1.95 bits per heavy atom. The summed E-state index contributed by atoms with van der Waals surface area (Å²) in [5.41, 5.74) is 7.44. The molecule has 0 bridgehead atoms. The maximum Gasteiger partial charge on any atom is 0.0558 e. The standard InChI is InChI=1S/C16H27BrN2O/c1-3-15(4-2)19(10-11-20)9-8-16(18)13-6-5-7-14(17)12-13/h5-7,12,15-16,20H,3-4,8-11,18H2,1-2H3. The van der Waals surface area contributed by atoms with Crippen LogP contribution in [0.4, 0.5) is 0 Å². The molecule has 1 unspecified atom stereocenters. The summed E-state index contributed by atoms with van der Waals surface area (Å²) in [5, 5.41) is 9.22. The molecule has 0 heterocycles. The molecule has 20 heavy (non-hydrogen) atoms. The number of aliphatic hydroxyl groups is 1. The molecule has 4 heteroatoms. The zero-order valence-electron chi connectivity index (χ0n) is 12.6. The van der Waals surface area contributed by atoms with Crippen molar-refractivity contribution in [3.8, 4) is 0 Å². The minimum Gasteiger partial charge on any atom is -0.395 e. The fraction of sp³-hybridized carbons (Fsp3) is 0.625. The van der Waals surface area contributed by atoms with Crippen LogP contribution in [-0.2, 0) is 0 Å². The number of rotatable bonds is 9. The highest BCUT2D eigenvalue weighted by Gasteiger charge is 2.16. The van der Waals surface area contributed by atoms with Gasteiger partial charge in [0.1, 0.15) is 0 Å². The first-order valence-corrected chi connectivity index (χ1v) is 8.27. The lowest BCUT2D eigenvalue weighted by molar-refractivity contribution is 0.139. The van der Waals surface area contributed by atoms with Gasteiger partial charge in [-0.15, -0.1) is 0 Å². The topological polar surface area (TPSA) is 49.5 Å². The zero-order chi connectivity index (χ0) is 15.0. The van der Waals surface area contributed by atoms with E-state index >= 15 is 0 Å². The van der Waals surface area contributed by atoms with E-state index in [9.17, 15) is 5.11 Å². The van der Waals surface area contributed by atoms with Crippen molar-refractivity contribution in [2.24, 2.45) is 5.73 Å². The Balaban J connectivity index is 2.58. The highest BCUT2D eigenvalue weighted by molar-refractivity contribution is 9.10. The summed E-state index contributed by atoms with van der Waals surface area (Å²) in [6.07, 6.45) is 3.14. The van der Waals surface area contributed by atoms with Crippen LogP contribution in [0.1, 0.15) is 44.7 Å². The Morgan fingerprint density at radius 3 is 2.50 bits per heavy atom. The largest absolute Gasteiger partial charge is 0.395 e. The van der Waals surface area contributed by atoms with E-state index in [4.69, 9.17) is 5.73 Å². The summed E-state index contributed by atoms with van der Waals surface area (Å²) in [7, 11) is 0. The summed E-state index contributed by atoms with van der Waals surface area (Å²) >= 11 is 3.48. The van der Waals surface area contributed by atoms with Gasteiger partial charge >= 0.3 is 0 Å². The van der Waals surface area contributed by atoms with Crippen molar-refractivity contribution >= 4 is 15.9 Å². The van der Waals surface area contributed by atoms with Gasteiger partial charge in [-0.25, -0.2) is 0 Å². The molecule has 0 spiro atoms. The van der Waals surface area contributed by atoms with Gasteiger partial charge in [0.25, 0.3) is 0 Å². The number of nitrogens with two attached hydrogens (primary N) is 1. The number of aliphatic hydroxyl groups excluding tert-OH is 1. The van der Waals surface area contributed by atoms with E-state index in [1.54, 1.807) is 0 Å². The van der Waals surface area contributed by atoms with Crippen LogP contribution in [0.2, 0.25) is 0 Å². The summed E-state index contributed by atoms with van der Waals surface area (Å²) in [6, 6.07) is 8.77. The predicted molar refractivity (Wildman–Crippen MR) is 88.7 cm³/mol. The average Bonchev–Trinajstić information content (AvgIpc) is 2.45. The minimum atomic E-state index is 0.0445. The molecular formula is C16H27BrN2O. The fourth-order valence-electron chi connectivity index (χ4n) is 2.62. The second-order valence-electron chi connectivity index (χ2n) is 5.18. The lowest BCUT2D eigenvalue weighted by atomic mass is 10.0. The van der Waals surface area contributed by atoms with Gasteiger partial charge in [-0.3, -0.25) is 4.90 Å². The predicted octanol–water partition coefficient (Wildman–Crippen LogP) is 3.32. The molecule has 0 amide bonds. The summed E-state index contributed by atoms with van der Waals surface area (Å²) in [5.74, 6) is 0. The number of benzene rings is 1. The van der Waals surface area contributed by atoms with Gasteiger partial charge in [0.05, 0.1) is 6.61 Å². The van der Waals surface area contributed by atoms with Crippen molar-refractivity contribution in [3.63, 3.8) is 0 Å². The van der Waals surface area contributed by atoms with Crippen molar-refractivity contribution in [2.45, 2.75) is 45.2 Å². The Hall–Kier alpha value is -0.420. The maximum absolute atomic E-state index is 9.22. The molecule has 0 radical (unpaired) electrons. The van der Waals surface area contributed by atoms with Crippen molar-refractivity contribution in [1.82, 2.24) is 4.90 Å². The molecule has 3 N–H and O–H groups in total. The third kappa shape index (κ3) is 5.52. The van der Waals surface area contributed by atoms with Crippen LogP contribution in [0.3, 0.4) is 0 Å². The van der Waals surface area contributed by atoms with Crippen molar-refractivity contribution < 1.29 is 5.11 Å². The first-order chi connectivity index (χ1) is 9.62. The van der Waals surface area contributed by atoms with E-state index in [-0.39, 0.29) is 12.6 Å². The molecule has 1 aromatic carbocycles. The smallest absolute Gasteiger partial charge is 0.0558 e. The third-order valence-corrected chi connectivity index (χ3v) is 4.34. The number of nitrogens with zero attached hydrogens (tertiary/aromatic N) is 1. The number of halogens is 1. The van der Waals surface area contributed by atoms with Crippen LogP contribution in [-0.4, -0.2) is 35.7 Å². The first kappa shape index (κ1) is 17.6. The zero-order valence-corrected chi connectivity index (χ0v) is 14.1. The molecule has 0 aliphatic rings. The van der Waals surface area contributed by atoms with E-state index in [2.05, 4.69) is 46.8 Å². The van der Waals surface area contributed by atoms with E-state index in [0.29, 0.717) is 6.04 Å². The minimum absolute atomic E-state index is 0.0445. The van der Waals surface area contributed by atoms with E-state index in [1.807, 2.05) is 12.1 Å². The maximum atomic E-state index is 9.22. The summed E-state index contributed by atoms with van der Waals surface area (Å²) in [6.45, 7) is 6.28. The molecular weight excluding hydrogens is 316 g/mol. The van der Waals surface area contributed by atoms with E-state index < -0.39 is 0 Å². The number of hydrogen-bond donors (Lipinski definition) is 2. The fourth-order valence-corrected chi connectivity index (χ4v) is 3.04. The molecule has 0 aromatic heterocycles. The second-order valence-corrected chi connectivity index (χ2v) is 6.10. The lowest BCUT2D eigenvalue weighted by Crippen LogP contribution is -2.38. The van der Waals surface area contributed by atoms with Crippen LogP contribution >= 0.6 is 15.9 Å².